The van der Waals surface area contributed by atoms with Gasteiger partial charge in [-0.3, -0.25) is 9.59 Å². The van der Waals surface area contributed by atoms with Gasteiger partial charge in [-0.25, -0.2) is 0 Å². The molecule has 4 heteroatoms. The Morgan fingerprint density at radius 3 is 2.70 bits per heavy atom. The number of aliphatic hydroxyl groups is 1. The van der Waals surface area contributed by atoms with Crippen LogP contribution in [-0.2, 0) is 4.79 Å². The summed E-state index contributed by atoms with van der Waals surface area (Å²) in [6.45, 7) is 2.57. The van der Waals surface area contributed by atoms with Gasteiger partial charge in [0.15, 0.2) is 5.78 Å². The molecule has 1 aliphatic heterocycles. The standard InChI is InChI=1S/C16H19NO3/c1-2-10-15(19)12-7-4-3-6-11(12)14(16(10)20)17-9-5-8-13(17)18/h3-4,6-7,10,14,16,20H,2,5,8-9H2,1H3. The van der Waals surface area contributed by atoms with E-state index in [-0.39, 0.29) is 17.7 Å². The van der Waals surface area contributed by atoms with Gasteiger partial charge in [0.25, 0.3) is 0 Å². The quantitative estimate of drug-likeness (QED) is 0.895. The first-order chi connectivity index (χ1) is 9.65. The smallest absolute Gasteiger partial charge is 0.223 e. The second-order valence-corrected chi connectivity index (χ2v) is 5.59. The van der Waals surface area contributed by atoms with Crippen molar-refractivity contribution in [1.82, 2.24) is 4.90 Å². The van der Waals surface area contributed by atoms with Crippen molar-refractivity contribution in [3.8, 4) is 0 Å². The fourth-order valence-electron chi connectivity index (χ4n) is 3.48. The van der Waals surface area contributed by atoms with Crippen molar-refractivity contribution < 1.29 is 14.7 Å². The lowest BCUT2D eigenvalue weighted by Gasteiger charge is -2.40. The molecule has 1 heterocycles. The summed E-state index contributed by atoms with van der Waals surface area (Å²) < 4.78 is 0. The van der Waals surface area contributed by atoms with Crippen LogP contribution in [-0.4, -0.2) is 34.3 Å². The third-order valence-corrected chi connectivity index (χ3v) is 4.50. The minimum absolute atomic E-state index is 0.00139. The third-order valence-electron chi connectivity index (χ3n) is 4.50. The number of fused-ring (bicyclic) bond motifs is 1. The summed E-state index contributed by atoms with van der Waals surface area (Å²) >= 11 is 0. The number of carbonyl (C=O) groups is 2. The van der Waals surface area contributed by atoms with E-state index in [4.69, 9.17) is 0 Å². The molecule has 1 aromatic rings. The molecule has 2 aliphatic rings. The molecule has 1 saturated heterocycles. The van der Waals surface area contributed by atoms with Gasteiger partial charge in [0.2, 0.25) is 5.91 Å². The Balaban J connectivity index is 2.09. The van der Waals surface area contributed by atoms with Gasteiger partial charge in [-0.05, 0) is 18.4 Å². The number of hydrogen-bond donors (Lipinski definition) is 1. The van der Waals surface area contributed by atoms with Gasteiger partial charge in [-0.15, -0.1) is 0 Å². The summed E-state index contributed by atoms with van der Waals surface area (Å²) in [4.78, 5) is 26.2. The van der Waals surface area contributed by atoms with Crippen molar-refractivity contribution in [2.45, 2.75) is 38.3 Å². The number of carbonyl (C=O) groups excluding carboxylic acids is 2. The minimum atomic E-state index is -0.801. The molecule has 106 valence electrons. The number of hydrogen-bond acceptors (Lipinski definition) is 3. The van der Waals surface area contributed by atoms with Crippen LogP contribution in [0.3, 0.4) is 0 Å². The van der Waals surface area contributed by atoms with Crippen LogP contribution in [0.25, 0.3) is 0 Å². The van der Waals surface area contributed by atoms with Crippen molar-refractivity contribution >= 4 is 11.7 Å². The zero-order chi connectivity index (χ0) is 14.3. The third kappa shape index (κ3) is 1.86. The first-order valence-electron chi connectivity index (χ1n) is 7.25. The van der Waals surface area contributed by atoms with E-state index in [1.165, 1.54) is 0 Å². The molecule has 1 aliphatic carbocycles. The van der Waals surface area contributed by atoms with E-state index in [2.05, 4.69) is 0 Å². The van der Waals surface area contributed by atoms with E-state index in [0.717, 1.165) is 12.0 Å². The molecule has 1 N–H and O–H groups in total. The van der Waals surface area contributed by atoms with E-state index in [9.17, 15) is 14.7 Å². The summed E-state index contributed by atoms with van der Waals surface area (Å²) in [5, 5.41) is 10.6. The highest BCUT2D eigenvalue weighted by molar-refractivity contribution is 6.01. The predicted molar refractivity (Wildman–Crippen MR) is 74.2 cm³/mol. The lowest BCUT2D eigenvalue weighted by atomic mass is 9.75. The highest BCUT2D eigenvalue weighted by Crippen LogP contribution is 2.40. The Morgan fingerprint density at radius 1 is 1.30 bits per heavy atom. The molecule has 0 saturated carbocycles. The second-order valence-electron chi connectivity index (χ2n) is 5.59. The number of amides is 1. The zero-order valence-corrected chi connectivity index (χ0v) is 11.6. The molecular formula is C16H19NO3. The first kappa shape index (κ1) is 13.3. The molecule has 1 amide bonds. The molecule has 3 atom stereocenters. The highest BCUT2D eigenvalue weighted by Gasteiger charge is 2.44. The maximum Gasteiger partial charge on any atom is 0.223 e. The van der Waals surface area contributed by atoms with Crippen LogP contribution in [0.4, 0.5) is 0 Å². The van der Waals surface area contributed by atoms with Crippen molar-refractivity contribution in [3.05, 3.63) is 35.4 Å². The lowest BCUT2D eigenvalue weighted by molar-refractivity contribution is -0.133. The molecule has 3 unspecified atom stereocenters. The monoisotopic (exact) mass is 273 g/mol. The Labute approximate surface area is 118 Å². The van der Waals surface area contributed by atoms with Crippen molar-refractivity contribution in [2.24, 2.45) is 5.92 Å². The van der Waals surface area contributed by atoms with Gasteiger partial charge < -0.3 is 10.0 Å². The molecule has 1 fully saturated rings. The number of benzene rings is 1. The molecule has 1 aromatic carbocycles. The number of rotatable bonds is 2. The Morgan fingerprint density at radius 2 is 2.05 bits per heavy atom. The molecule has 0 spiro atoms. The van der Waals surface area contributed by atoms with Gasteiger partial charge in [0.1, 0.15) is 0 Å². The zero-order valence-electron chi connectivity index (χ0n) is 11.6. The number of likely N-dealkylation sites (tertiary alicyclic amines) is 1. The number of nitrogens with zero attached hydrogens (tertiary/aromatic N) is 1. The van der Waals surface area contributed by atoms with E-state index in [0.29, 0.717) is 24.9 Å². The first-order valence-corrected chi connectivity index (χ1v) is 7.25. The van der Waals surface area contributed by atoms with Crippen LogP contribution in [0.2, 0.25) is 0 Å². The maximum atomic E-state index is 12.4. The molecule has 0 aromatic heterocycles. The van der Waals surface area contributed by atoms with Crippen LogP contribution in [0.5, 0.6) is 0 Å². The van der Waals surface area contributed by atoms with Crippen molar-refractivity contribution in [3.63, 3.8) is 0 Å². The topological polar surface area (TPSA) is 57.6 Å². The highest BCUT2D eigenvalue weighted by atomic mass is 16.3. The van der Waals surface area contributed by atoms with Gasteiger partial charge >= 0.3 is 0 Å². The summed E-state index contributed by atoms with van der Waals surface area (Å²) in [7, 11) is 0. The maximum absolute atomic E-state index is 12.4. The fraction of sp³-hybridized carbons (Fsp3) is 0.500. The van der Waals surface area contributed by atoms with Crippen LogP contribution >= 0.6 is 0 Å². The number of ketones is 1. The van der Waals surface area contributed by atoms with E-state index in [1.54, 1.807) is 11.0 Å². The Hall–Kier alpha value is -1.68. The number of Topliss-reactive ketones (excluding diaryl/α,β-unsaturated/α-hetero) is 1. The van der Waals surface area contributed by atoms with Gasteiger partial charge in [-0.1, -0.05) is 31.2 Å². The summed E-state index contributed by atoms with van der Waals surface area (Å²) in [6, 6.07) is 6.99. The summed E-state index contributed by atoms with van der Waals surface area (Å²) in [6.07, 6.45) is 1.15. The molecule has 0 radical (unpaired) electrons. The van der Waals surface area contributed by atoms with Gasteiger partial charge in [0.05, 0.1) is 18.1 Å². The van der Waals surface area contributed by atoms with E-state index in [1.807, 2.05) is 25.1 Å². The largest absolute Gasteiger partial charge is 0.390 e. The van der Waals surface area contributed by atoms with Gasteiger partial charge in [-0.2, -0.15) is 0 Å². The normalized spacial score (nSPS) is 29.7. The Kier molecular flexibility index (Phi) is 3.34. The van der Waals surface area contributed by atoms with E-state index >= 15 is 0 Å². The predicted octanol–water partition coefficient (Wildman–Crippen LogP) is 1.93. The molecule has 3 rings (SSSR count). The van der Waals surface area contributed by atoms with Crippen LogP contribution in [0.15, 0.2) is 24.3 Å². The average molecular weight is 273 g/mol. The van der Waals surface area contributed by atoms with Crippen molar-refractivity contribution in [1.29, 1.82) is 0 Å². The summed E-state index contributed by atoms with van der Waals surface area (Å²) in [5.74, 6) is -0.338. The fourth-order valence-corrected chi connectivity index (χ4v) is 3.48. The van der Waals surface area contributed by atoms with Crippen molar-refractivity contribution in [2.75, 3.05) is 6.54 Å². The average Bonchev–Trinajstić information content (AvgIpc) is 2.86. The van der Waals surface area contributed by atoms with Gasteiger partial charge in [0, 0.05) is 18.5 Å². The lowest BCUT2D eigenvalue weighted by Crippen LogP contribution is -2.47. The Bertz CT molecular complexity index is 554. The molecule has 20 heavy (non-hydrogen) atoms. The molecule has 4 nitrogen and oxygen atoms in total. The SMILES string of the molecule is CCC1C(=O)c2ccccc2C(N2CCCC2=O)C1O. The van der Waals surface area contributed by atoms with E-state index < -0.39 is 12.0 Å². The molecular weight excluding hydrogens is 254 g/mol. The second kappa shape index (κ2) is 5.02. The molecule has 0 bridgehead atoms. The van der Waals surface area contributed by atoms with Crippen LogP contribution < -0.4 is 0 Å². The number of aliphatic hydroxyl groups excluding tert-OH is 1. The van der Waals surface area contributed by atoms with Crippen LogP contribution in [0, 0.1) is 5.92 Å². The van der Waals surface area contributed by atoms with Crippen LogP contribution in [0.1, 0.15) is 48.1 Å². The minimum Gasteiger partial charge on any atom is -0.390 e. The summed E-state index contributed by atoms with van der Waals surface area (Å²) in [5.41, 5.74) is 1.46.